The van der Waals surface area contributed by atoms with Gasteiger partial charge in [-0.1, -0.05) is 0 Å². The van der Waals surface area contributed by atoms with Crippen LogP contribution in [0.25, 0.3) is 0 Å². The summed E-state index contributed by atoms with van der Waals surface area (Å²) in [6.07, 6.45) is 4.09. The van der Waals surface area contributed by atoms with Gasteiger partial charge < -0.3 is 15.7 Å². The van der Waals surface area contributed by atoms with Gasteiger partial charge in [0.15, 0.2) is 0 Å². The Morgan fingerprint density at radius 3 is 2.44 bits per heavy atom. The van der Waals surface area contributed by atoms with E-state index in [-0.39, 0.29) is 18.4 Å². The smallest absolute Gasteiger partial charge is 0.303 e. The molecule has 3 N–H and O–H groups in total. The van der Waals surface area contributed by atoms with Crippen molar-refractivity contribution in [2.45, 2.75) is 51.5 Å². The molecule has 1 unspecified atom stereocenters. The first-order valence-corrected chi connectivity index (χ1v) is 6.74. The van der Waals surface area contributed by atoms with Gasteiger partial charge in [0.1, 0.15) is 0 Å². The molecule has 0 radical (unpaired) electrons. The van der Waals surface area contributed by atoms with Crippen LogP contribution in [0.1, 0.15) is 45.4 Å². The molecule has 5 heteroatoms. The van der Waals surface area contributed by atoms with Crippen LogP contribution in [0.3, 0.4) is 0 Å². The van der Waals surface area contributed by atoms with Crippen molar-refractivity contribution in [3.05, 3.63) is 0 Å². The molecule has 1 atom stereocenters. The normalized spacial score (nSPS) is 18.7. The first kappa shape index (κ1) is 15.0. The van der Waals surface area contributed by atoms with Crippen molar-refractivity contribution in [3.63, 3.8) is 0 Å². The van der Waals surface area contributed by atoms with Crippen LogP contribution in [0.2, 0.25) is 0 Å². The monoisotopic (exact) mass is 256 g/mol. The van der Waals surface area contributed by atoms with E-state index in [4.69, 9.17) is 10.8 Å². The molecular weight excluding hydrogens is 232 g/mol. The number of hydrogen-bond acceptors (Lipinski definition) is 3. The SMILES string of the molecule is CC(N)CCC(=O)N1CCC(CCC(=O)O)CC1. The highest BCUT2D eigenvalue weighted by Crippen LogP contribution is 2.22. The van der Waals surface area contributed by atoms with E-state index in [1.165, 1.54) is 0 Å². The highest BCUT2D eigenvalue weighted by atomic mass is 16.4. The Balaban J connectivity index is 2.22. The van der Waals surface area contributed by atoms with Crippen LogP contribution in [-0.2, 0) is 9.59 Å². The number of carbonyl (C=O) groups excluding carboxylic acids is 1. The first-order valence-electron chi connectivity index (χ1n) is 6.74. The Labute approximate surface area is 108 Å². The summed E-state index contributed by atoms with van der Waals surface area (Å²) in [5.41, 5.74) is 5.63. The Bertz CT molecular complexity index is 284. The number of carbonyl (C=O) groups is 2. The van der Waals surface area contributed by atoms with E-state index in [9.17, 15) is 9.59 Å². The van der Waals surface area contributed by atoms with Crippen molar-refractivity contribution in [1.82, 2.24) is 4.90 Å². The average Bonchev–Trinajstić information content (AvgIpc) is 2.34. The molecule has 0 saturated carbocycles. The van der Waals surface area contributed by atoms with Gasteiger partial charge in [0.25, 0.3) is 0 Å². The maximum Gasteiger partial charge on any atom is 0.303 e. The largest absolute Gasteiger partial charge is 0.481 e. The summed E-state index contributed by atoms with van der Waals surface area (Å²) >= 11 is 0. The molecule has 0 aromatic rings. The molecular formula is C13H24N2O3. The average molecular weight is 256 g/mol. The number of hydrogen-bond donors (Lipinski definition) is 2. The Morgan fingerprint density at radius 2 is 1.94 bits per heavy atom. The topological polar surface area (TPSA) is 83.6 Å². The molecule has 0 spiro atoms. The fourth-order valence-corrected chi connectivity index (χ4v) is 2.31. The molecule has 1 saturated heterocycles. The summed E-state index contributed by atoms with van der Waals surface area (Å²) in [6, 6.07) is 0.0713. The number of carboxylic acids is 1. The highest BCUT2D eigenvalue weighted by Gasteiger charge is 2.22. The molecule has 0 aromatic carbocycles. The van der Waals surface area contributed by atoms with Crippen LogP contribution in [0.4, 0.5) is 0 Å². The molecule has 104 valence electrons. The molecule has 1 rings (SSSR count). The molecule has 5 nitrogen and oxygen atoms in total. The van der Waals surface area contributed by atoms with Gasteiger partial charge in [-0.05, 0) is 38.5 Å². The van der Waals surface area contributed by atoms with Crippen LogP contribution < -0.4 is 5.73 Å². The van der Waals surface area contributed by atoms with E-state index >= 15 is 0 Å². The predicted molar refractivity (Wildman–Crippen MR) is 69.1 cm³/mol. The lowest BCUT2D eigenvalue weighted by molar-refractivity contribution is -0.138. The summed E-state index contributed by atoms with van der Waals surface area (Å²) in [7, 11) is 0. The second-order valence-electron chi connectivity index (χ2n) is 5.27. The van der Waals surface area contributed by atoms with Crippen molar-refractivity contribution < 1.29 is 14.7 Å². The van der Waals surface area contributed by atoms with Crippen molar-refractivity contribution in [2.75, 3.05) is 13.1 Å². The van der Waals surface area contributed by atoms with E-state index in [2.05, 4.69) is 0 Å². The molecule has 0 aliphatic carbocycles. The van der Waals surface area contributed by atoms with Gasteiger partial charge in [-0.3, -0.25) is 9.59 Å². The first-order chi connectivity index (χ1) is 8.49. The Kier molecular flexibility index (Phi) is 6.12. The van der Waals surface area contributed by atoms with Crippen molar-refractivity contribution >= 4 is 11.9 Å². The van der Waals surface area contributed by atoms with Crippen LogP contribution in [0, 0.1) is 5.92 Å². The minimum Gasteiger partial charge on any atom is -0.481 e. The third kappa shape index (κ3) is 5.49. The van der Waals surface area contributed by atoms with E-state index in [0.717, 1.165) is 38.8 Å². The van der Waals surface area contributed by atoms with Gasteiger partial charge >= 0.3 is 5.97 Å². The van der Waals surface area contributed by atoms with Gasteiger partial charge in [-0.15, -0.1) is 0 Å². The van der Waals surface area contributed by atoms with Crippen LogP contribution in [0.5, 0.6) is 0 Å². The number of rotatable bonds is 6. The number of piperidine rings is 1. The zero-order valence-corrected chi connectivity index (χ0v) is 11.1. The lowest BCUT2D eigenvalue weighted by Crippen LogP contribution is -2.39. The summed E-state index contributed by atoms with van der Waals surface area (Å²) in [5, 5.41) is 8.63. The van der Waals surface area contributed by atoms with Gasteiger partial charge in [0.2, 0.25) is 5.91 Å². The quantitative estimate of drug-likeness (QED) is 0.748. The van der Waals surface area contributed by atoms with Crippen molar-refractivity contribution in [3.8, 4) is 0 Å². The zero-order valence-electron chi connectivity index (χ0n) is 11.1. The van der Waals surface area contributed by atoms with Crippen molar-refractivity contribution in [2.24, 2.45) is 11.7 Å². The second kappa shape index (κ2) is 7.36. The third-order valence-corrected chi connectivity index (χ3v) is 3.55. The second-order valence-corrected chi connectivity index (χ2v) is 5.27. The third-order valence-electron chi connectivity index (χ3n) is 3.55. The summed E-state index contributed by atoms with van der Waals surface area (Å²) in [4.78, 5) is 24.2. The molecule has 1 aliphatic heterocycles. The van der Waals surface area contributed by atoms with Crippen LogP contribution in [0.15, 0.2) is 0 Å². The van der Waals surface area contributed by atoms with E-state index in [1.807, 2.05) is 11.8 Å². The van der Waals surface area contributed by atoms with Gasteiger partial charge in [0, 0.05) is 32.0 Å². The lowest BCUT2D eigenvalue weighted by atomic mass is 9.92. The lowest BCUT2D eigenvalue weighted by Gasteiger charge is -2.32. The fourth-order valence-electron chi connectivity index (χ4n) is 2.31. The number of amides is 1. The standard InChI is InChI=1S/C13H24N2O3/c1-10(14)2-4-12(16)15-8-6-11(7-9-15)3-5-13(17)18/h10-11H,2-9,14H2,1H3,(H,17,18). The Hall–Kier alpha value is -1.10. The van der Waals surface area contributed by atoms with Crippen LogP contribution in [-0.4, -0.2) is 41.0 Å². The number of aliphatic carboxylic acids is 1. The zero-order chi connectivity index (χ0) is 13.5. The molecule has 1 heterocycles. The van der Waals surface area contributed by atoms with Gasteiger partial charge in [-0.2, -0.15) is 0 Å². The minimum absolute atomic E-state index is 0.0713. The molecule has 0 aromatic heterocycles. The van der Waals surface area contributed by atoms with Gasteiger partial charge in [0.05, 0.1) is 0 Å². The number of nitrogens with two attached hydrogens (primary N) is 1. The number of likely N-dealkylation sites (tertiary alicyclic amines) is 1. The maximum absolute atomic E-state index is 11.9. The van der Waals surface area contributed by atoms with E-state index in [1.54, 1.807) is 0 Å². The molecule has 1 aliphatic rings. The minimum atomic E-state index is -0.731. The predicted octanol–water partition coefficient (Wildman–Crippen LogP) is 1.22. The number of carboxylic acid groups (broad SMARTS) is 1. The molecule has 1 fully saturated rings. The van der Waals surface area contributed by atoms with Crippen molar-refractivity contribution in [1.29, 1.82) is 0 Å². The summed E-state index contributed by atoms with van der Waals surface area (Å²) < 4.78 is 0. The van der Waals surface area contributed by atoms with E-state index < -0.39 is 5.97 Å². The Morgan fingerprint density at radius 1 is 1.33 bits per heavy atom. The summed E-state index contributed by atoms with van der Waals surface area (Å²) in [5.74, 6) is -0.0898. The summed E-state index contributed by atoms with van der Waals surface area (Å²) in [6.45, 7) is 3.44. The van der Waals surface area contributed by atoms with Gasteiger partial charge in [-0.25, -0.2) is 0 Å². The molecule has 0 bridgehead atoms. The molecule has 1 amide bonds. The highest BCUT2D eigenvalue weighted by molar-refractivity contribution is 5.76. The maximum atomic E-state index is 11.9. The molecule has 18 heavy (non-hydrogen) atoms. The fraction of sp³-hybridized carbons (Fsp3) is 0.846. The number of nitrogens with zero attached hydrogens (tertiary/aromatic N) is 1. The van der Waals surface area contributed by atoms with Crippen LogP contribution >= 0.6 is 0 Å². The van der Waals surface area contributed by atoms with E-state index in [0.29, 0.717) is 12.3 Å².